The second kappa shape index (κ2) is 9.68. The van der Waals surface area contributed by atoms with Gasteiger partial charge in [-0.15, -0.1) is 0 Å². The smallest absolute Gasteiger partial charge is 0.300 e. The highest BCUT2D eigenvalue weighted by atomic mass is 16.6. The first-order chi connectivity index (χ1) is 16.8. The summed E-state index contributed by atoms with van der Waals surface area (Å²) in [7, 11) is 1.50. The van der Waals surface area contributed by atoms with Gasteiger partial charge < -0.3 is 14.6 Å². The fourth-order valence-corrected chi connectivity index (χ4v) is 4.00. The van der Waals surface area contributed by atoms with Crippen LogP contribution in [0.1, 0.15) is 24.1 Å². The van der Waals surface area contributed by atoms with Crippen LogP contribution in [-0.4, -0.2) is 35.4 Å². The SMILES string of the molecule is CCOc1ccc(/C(O)=C2\C(=O)C(=O)N(c3ccc(OC)cc3)[C@@H]2c2cccc([N+](=O)[O-])c2)cc1. The van der Waals surface area contributed by atoms with Crippen molar-refractivity contribution in [3.05, 3.63) is 99.6 Å². The van der Waals surface area contributed by atoms with Gasteiger partial charge in [0.25, 0.3) is 17.4 Å². The van der Waals surface area contributed by atoms with Crippen LogP contribution in [0.25, 0.3) is 5.76 Å². The molecule has 1 atom stereocenters. The van der Waals surface area contributed by atoms with Crippen LogP contribution in [-0.2, 0) is 9.59 Å². The van der Waals surface area contributed by atoms with Crippen molar-refractivity contribution in [2.24, 2.45) is 0 Å². The van der Waals surface area contributed by atoms with Crippen LogP contribution in [0, 0.1) is 10.1 Å². The largest absolute Gasteiger partial charge is 0.507 e. The summed E-state index contributed by atoms with van der Waals surface area (Å²) in [4.78, 5) is 38.5. The molecular weight excluding hydrogens is 452 g/mol. The molecule has 1 aliphatic heterocycles. The molecule has 178 valence electrons. The molecule has 0 aromatic heterocycles. The van der Waals surface area contributed by atoms with E-state index in [1.807, 2.05) is 6.92 Å². The van der Waals surface area contributed by atoms with Crippen molar-refractivity contribution in [1.82, 2.24) is 0 Å². The maximum absolute atomic E-state index is 13.2. The van der Waals surface area contributed by atoms with Crippen molar-refractivity contribution in [3.8, 4) is 11.5 Å². The lowest BCUT2D eigenvalue weighted by Gasteiger charge is -2.25. The van der Waals surface area contributed by atoms with Crippen molar-refractivity contribution < 1.29 is 29.1 Å². The molecular formula is C26H22N2O7. The van der Waals surface area contributed by atoms with E-state index in [9.17, 15) is 24.8 Å². The number of amides is 1. The van der Waals surface area contributed by atoms with Gasteiger partial charge in [-0.2, -0.15) is 0 Å². The molecule has 1 saturated heterocycles. The Balaban J connectivity index is 1.90. The Morgan fingerprint density at radius 2 is 1.69 bits per heavy atom. The highest BCUT2D eigenvalue weighted by Crippen LogP contribution is 2.43. The minimum Gasteiger partial charge on any atom is -0.507 e. The van der Waals surface area contributed by atoms with E-state index < -0.39 is 22.7 Å². The van der Waals surface area contributed by atoms with Gasteiger partial charge in [0, 0.05) is 23.4 Å². The Labute approximate surface area is 201 Å². The Morgan fingerprint density at radius 3 is 2.29 bits per heavy atom. The molecule has 3 aromatic rings. The topological polar surface area (TPSA) is 119 Å². The van der Waals surface area contributed by atoms with Crippen LogP contribution in [0.3, 0.4) is 0 Å². The zero-order valence-electron chi connectivity index (χ0n) is 19.0. The van der Waals surface area contributed by atoms with Gasteiger partial charge in [0.05, 0.1) is 30.3 Å². The molecule has 1 N–H and O–H groups in total. The third-order valence-corrected chi connectivity index (χ3v) is 5.63. The number of aliphatic hydroxyl groups is 1. The standard InChI is InChI=1S/C26H22N2O7/c1-3-35-21-11-7-16(8-12-21)24(29)22-23(17-5-4-6-19(15-17)28(32)33)27(26(31)25(22)30)18-9-13-20(34-2)14-10-18/h4-15,23,29H,3H2,1-2H3/b24-22+/t23-/m1/s1. The molecule has 9 nitrogen and oxygen atoms in total. The lowest BCUT2D eigenvalue weighted by molar-refractivity contribution is -0.384. The number of ether oxygens (including phenoxy) is 2. The van der Waals surface area contributed by atoms with Gasteiger partial charge in [-0.3, -0.25) is 24.6 Å². The van der Waals surface area contributed by atoms with Crippen LogP contribution < -0.4 is 14.4 Å². The van der Waals surface area contributed by atoms with E-state index in [1.54, 1.807) is 54.6 Å². The third-order valence-electron chi connectivity index (χ3n) is 5.63. The van der Waals surface area contributed by atoms with E-state index >= 15 is 0 Å². The summed E-state index contributed by atoms with van der Waals surface area (Å²) in [5.41, 5.74) is 0.604. The summed E-state index contributed by atoms with van der Waals surface area (Å²) in [5, 5.41) is 22.6. The molecule has 0 saturated carbocycles. The number of methoxy groups -OCH3 is 1. The number of hydrogen-bond donors (Lipinski definition) is 1. The van der Waals surface area contributed by atoms with E-state index in [4.69, 9.17) is 9.47 Å². The van der Waals surface area contributed by atoms with Gasteiger partial charge in [0.1, 0.15) is 17.3 Å². The quantitative estimate of drug-likeness (QED) is 0.174. The van der Waals surface area contributed by atoms with Gasteiger partial charge in [0.2, 0.25) is 0 Å². The van der Waals surface area contributed by atoms with E-state index in [-0.39, 0.29) is 17.0 Å². The number of carbonyl (C=O) groups excluding carboxylic acids is 2. The fourth-order valence-electron chi connectivity index (χ4n) is 4.00. The first kappa shape index (κ1) is 23.5. The molecule has 0 unspecified atom stereocenters. The Kier molecular flexibility index (Phi) is 6.50. The summed E-state index contributed by atoms with van der Waals surface area (Å²) in [6, 6.07) is 17.5. The summed E-state index contributed by atoms with van der Waals surface area (Å²) in [6.07, 6.45) is 0. The van der Waals surface area contributed by atoms with Crippen LogP contribution in [0.2, 0.25) is 0 Å². The third kappa shape index (κ3) is 4.43. The molecule has 0 bridgehead atoms. The van der Waals surface area contributed by atoms with Gasteiger partial charge in [0.15, 0.2) is 0 Å². The normalized spacial score (nSPS) is 16.9. The lowest BCUT2D eigenvalue weighted by Crippen LogP contribution is -2.29. The molecule has 4 rings (SSSR count). The Bertz CT molecular complexity index is 1310. The predicted molar refractivity (Wildman–Crippen MR) is 128 cm³/mol. The second-order valence-electron chi connectivity index (χ2n) is 7.68. The molecule has 0 radical (unpaired) electrons. The van der Waals surface area contributed by atoms with Crippen molar-refractivity contribution in [3.63, 3.8) is 0 Å². The summed E-state index contributed by atoms with van der Waals surface area (Å²) in [5.74, 6) is -1.02. The number of anilines is 1. The Hall–Kier alpha value is -4.66. The second-order valence-corrected chi connectivity index (χ2v) is 7.68. The number of nitro benzene ring substituents is 1. The molecule has 35 heavy (non-hydrogen) atoms. The maximum Gasteiger partial charge on any atom is 0.300 e. The number of non-ortho nitro benzene ring substituents is 1. The maximum atomic E-state index is 13.2. The number of aliphatic hydroxyl groups excluding tert-OH is 1. The number of hydrogen-bond acceptors (Lipinski definition) is 7. The summed E-state index contributed by atoms with van der Waals surface area (Å²) < 4.78 is 10.6. The van der Waals surface area contributed by atoms with Gasteiger partial charge in [-0.25, -0.2) is 0 Å². The molecule has 1 aliphatic rings. The molecule has 9 heteroatoms. The number of carbonyl (C=O) groups is 2. The number of nitrogens with zero attached hydrogens (tertiary/aromatic N) is 2. The van der Waals surface area contributed by atoms with E-state index in [0.717, 1.165) is 0 Å². The fraction of sp³-hybridized carbons (Fsp3) is 0.154. The number of ketones is 1. The zero-order chi connectivity index (χ0) is 25.1. The van der Waals surface area contributed by atoms with Crippen LogP contribution >= 0.6 is 0 Å². The molecule has 1 fully saturated rings. The zero-order valence-corrected chi connectivity index (χ0v) is 19.0. The summed E-state index contributed by atoms with van der Waals surface area (Å²) >= 11 is 0. The van der Waals surface area contributed by atoms with E-state index in [0.29, 0.717) is 34.9 Å². The van der Waals surface area contributed by atoms with Crippen LogP contribution in [0.5, 0.6) is 11.5 Å². The van der Waals surface area contributed by atoms with Crippen molar-refractivity contribution in [2.75, 3.05) is 18.6 Å². The number of rotatable bonds is 7. The number of Topliss-reactive ketones (excluding diaryl/α,β-unsaturated/α-hetero) is 1. The Morgan fingerprint density at radius 1 is 1.03 bits per heavy atom. The predicted octanol–water partition coefficient (Wildman–Crippen LogP) is 4.63. The highest BCUT2D eigenvalue weighted by Gasteiger charge is 2.47. The van der Waals surface area contributed by atoms with E-state index in [2.05, 4.69) is 0 Å². The molecule has 0 spiro atoms. The van der Waals surface area contributed by atoms with Crippen LogP contribution in [0.15, 0.2) is 78.4 Å². The lowest BCUT2D eigenvalue weighted by atomic mass is 9.94. The van der Waals surface area contributed by atoms with Gasteiger partial charge in [-0.1, -0.05) is 12.1 Å². The van der Waals surface area contributed by atoms with Crippen LogP contribution in [0.4, 0.5) is 11.4 Å². The number of benzene rings is 3. The van der Waals surface area contributed by atoms with E-state index in [1.165, 1.54) is 30.2 Å². The van der Waals surface area contributed by atoms with Crippen molar-refractivity contribution in [1.29, 1.82) is 0 Å². The van der Waals surface area contributed by atoms with Gasteiger partial charge >= 0.3 is 0 Å². The van der Waals surface area contributed by atoms with Crippen molar-refractivity contribution >= 4 is 28.8 Å². The minimum absolute atomic E-state index is 0.171. The average molecular weight is 474 g/mol. The molecule has 1 amide bonds. The monoisotopic (exact) mass is 474 g/mol. The molecule has 0 aliphatic carbocycles. The summed E-state index contributed by atoms with van der Waals surface area (Å²) in [6.45, 7) is 2.30. The molecule has 1 heterocycles. The van der Waals surface area contributed by atoms with Gasteiger partial charge in [-0.05, 0) is 61.0 Å². The molecule has 3 aromatic carbocycles. The first-order valence-electron chi connectivity index (χ1n) is 10.8. The number of nitro groups is 1. The average Bonchev–Trinajstić information content (AvgIpc) is 3.14. The highest BCUT2D eigenvalue weighted by molar-refractivity contribution is 6.51. The minimum atomic E-state index is -1.09. The van der Waals surface area contributed by atoms with Crippen molar-refractivity contribution in [2.45, 2.75) is 13.0 Å². The first-order valence-corrected chi connectivity index (χ1v) is 10.8.